The van der Waals surface area contributed by atoms with Gasteiger partial charge in [0.1, 0.15) is 5.60 Å². The Morgan fingerprint density at radius 1 is 1.38 bits per heavy atom. The van der Waals surface area contributed by atoms with Crippen LogP contribution in [0.25, 0.3) is 0 Å². The molecule has 1 atom stereocenters. The van der Waals surface area contributed by atoms with Gasteiger partial charge >= 0.3 is 0 Å². The van der Waals surface area contributed by atoms with E-state index < -0.39 is 0 Å². The fourth-order valence-electron chi connectivity index (χ4n) is 1.17. The third-order valence-electron chi connectivity index (χ3n) is 2.16. The summed E-state index contributed by atoms with van der Waals surface area (Å²) in [6.07, 6.45) is 0. The van der Waals surface area contributed by atoms with E-state index >= 15 is 0 Å². The molecular weight excluding hydrogens is 164 g/mol. The van der Waals surface area contributed by atoms with Gasteiger partial charge in [-0.1, -0.05) is 30.3 Å². The molecule has 0 aromatic heterocycles. The maximum Gasteiger partial charge on any atom is 0.112 e. The second-order valence-corrected chi connectivity index (χ2v) is 3.72. The first kappa shape index (κ1) is 8.73. The van der Waals surface area contributed by atoms with Crippen molar-refractivity contribution in [3.05, 3.63) is 35.9 Å². The lowest BCUT2D eigenvalue weighted by Crippen LogP contribution is -2.14. The number of benzene rings is 1. The fraction of sp³-hybridized carbons (Fsp3) is 0.455. The first-order valence-corrected chi connectivity index (χ1v) is 4.54. The summed E-state index contributed by atoms with van der Waals surface area (Å²) >= 11 is 0. The van der Waals surface area contributed by atoms with Crippen molar-refractivity contribution in [3.63, 3.8) is 0 Å². The van der Waals surface area contributed by atoms with Gasteiger partial charge in [-0.2, -0.15) is 0 Å². The molecule has 0 N–H and O–H groups in total. The van der Waals surface area contributed by atoms with Crippen molar-refractivity contribution >= 4 is 0 Å². The molecule has 0 amide bonds. The van der Waals surface area contributed by atoms with Gasteiger partial charge in [0.25, 0.3) is 0 Å². The zero-order chi connectivity index (χ0) is 9.15. The van der Waals surface area contributed by atoms with E-state index in [-0.39, 0.29) is 5.60 Å². The summed E-state index contributed by atoms with van der Waals surface area (Å²) in [5.41, 5.74) is 1.22. The van der Waals surface area contributed by atoms with E-state index in [0.29, 0.717) is 13.2 Å². The van der Waals surface area contributed by atoms with Gasteiger partial charge < -0.3 is 9.47 Å². The van der Waals surface area contributed by atoms with E-state index in [2.05, 4.69) is 19.1 Å². The van der Waals surface area contributed by atoms with E-state index in [0.717, 1.165) is 6.61 Å². The van der Waals surface area contributed by atoms with Crippen LogP contribution in [0.5, 0.6) is 0 Å². The Balaban J connectivity index is 1.74. The highest BCUT2D eigenvalue weighted by atomic mass is 16.6. The molecule has 1 aromatic carbocycles. The number of rotatable bonds is 4. The third-order valence-corrected chi connectivity index (χ3v) is 2.16. The molecular formula is C11H14O2. The first-order valence-electron chi connectivity index (χ1n) is 4.54. The summed E-state index contributed by atoms with van der Waals surface area (Å²) in [4.78, 5) is 0. The predicted molar refractivity (Wildman–Crippen MR) is 50.5 cm³/mol. The minimum Gasteiger partial charge on any atom is -0.374 e. The van der Waals surface area contributed by atoms with Crippen LogP contribution in [-0.4, -0.2) is 18.8 Å². The molecule has 1 aliphatic heterocycles. The minimum atomic E-state index is 0.00871. The highest BCUT2D eigenvalue weighted by Crippen LogP contribution is 2.26. The predicted octanol–water partition coefficient (Wildman–Crippen LogP) is 1.99. The Kier molecular flexibility index (Phi) is 2.34. The Morgan fingerprint density at radius 3 is 2.69 bits per heavy atom. The lowest BCUT2D eigenvalue weighted by atomic mass is 10.2. The summed E-state index contributed by atoms with van der Waals surface area (Å²) in [6, 6.07) is 10.2. The van der Waals surface area contributed by atoms with E-state index in [4.69, 9.17) is 9.47 Å². The van der Waals surface area contributed by atoms with Gasteiger partial charge in [0, 0.05) is 0 Å². The van der Waals surface area contributed by atoms with Crippen molar-refractivity contribution in [2.24, 2.45) is 0 Å². The molecule has 0 saturated carbocycles. The first-order chi connectivity index (χ1) is 6.29. The van der Waals surface area contributed by atoms with Crippen LogP contribution in [0.4, 0.5) is 0 Å². The molecule has 1 aliphatic rings. The molecule has 2 rings (SSSR count). The van der Waals surface area contributed by atoms with Gasteiger partial charge in [-0.15, -0.1) is 0 Å². The SMILES string of the molecule is C[C@@]1(COCc2ccccc2)CO1. The summed E-state index contributed by atoms with van der Waals surface area (Å²) in [5, 5.41) is 0. The van der Waals surface area contributed by atoms with Crippen molar-refractivity contribution in [2.45, 2.75) is 19.1 Å². The average molecular weight is 178 g/mol. The molecule has 0 aliphatic carbocycles. The second-order valence-electron chi connectivity index (χ2n) is 3.72. The van der Waals surface area contributed by atoms with Crippen LogP contribution in [-0.2, 0) is 16.1 Å². The zero-order valence-electron chi connectivity index (χ0n) is 7.82. The molecule has 0 bridgehead atoms. The third kappa shape index (κ3) is 2.54. The highest BCUT2D eigenvalue weighted by molar-refractivity contribution is 5.13. The molecule has 1 fully saturated rings. The van der Waals surface area contributed by atoms with Crippen LogP contribution >= 0.6 is 0 Å². The molecule has 70 valence electrons. The van der Waals surface area contributed by atoms with Gasteiger partial charge in [-0.05, 0) is 12.5 Å². The van der Waals surface area contributed by atoms with Crippen LogP contribution in [0.1, 0.15) is 12.5 Å². The summed E-state index contributed by atoms with van der Waals surface area (Å²) in [5.74, 6) is 0. The van der Waals surface area contributed by atoms with E-state index in [1.54, 1.807) is 0 Å². The quantitative estimate of drug-likeness (QED) is 0.658. The number of hydrogen-bond acceptors (Lipinski definition) is 2. The van der Waals surface area contributed by atoms with Crippen LogP contribution in [0.3, 0.4) is 0 Å². The second kappa shape index (κ2) is 3.48. The number of hydrogen-bond donors (Lipinski definition) is 0. The van der Waals surface area contributed by atoms with E-state index in [1.807, 2.05) is 18.2 Å². The molecule has 0 radical (unpaired) electrons. The van der Waals surface area contributed by atoms with Gasteiger partial charge in [-0.3, -0.25) is 0 Å². The van der Waals surface area contributed by atoms with Crippen LogP contribution in [0, 0.1) is 0 Å². The van der Waals surface area contributed by atoms with Crippen LogP contribution in [0.2, 0.25) is 0 Å². The van der Waals surface area contributed by atoms with Gasteiger partial charge in [0.05, 0.1) is 19.8 Å². The normalized spacial score (nSPS) is 25.9. The number of ether oxygens (including phenoxy) is 2. The fourth-order valence-corrected chi connectivity index (χ4v) is 1.17. The highest BCUT2D eigenvalue weighted by Gasteiger charge is 2.39. The molecule has 0 spiro atoms. The van der Waals surface area contributed by atoms with Crippen molar-refractivity contribution < 1.29 is 9.47 Å². The Hall–Kier alpha value is -0.860. The van der Waals surface area contributed by atoms with Crippen LogP contribution < -0.4 is 0 Å². The maximum atomic E-state index is 5.52. The molecule has 2 heteroatoms. The largest absolute Gasteiger partial charge is 0.374 e. The Morgan fingerprint density at radius 2 is 2.08 bits per heavy atom. The molecule has 0 unspecified atom stereocenters. The molecule has 2 nitrogen and oxygen atoms in total. The summed E-state index contributed by atoms with van der Waals surface area (Å²) in [7, 11) is 0. The molecule has 1 saturated heterocycles. The van der Waals surface area contributed by atoms with Crippen molar-refractivity contribution in [3.8, 4) is 0 Å². The molecule has 1 aromatic rings. The Labute approximate surface area is 78.5 Å². The summed E-state index contributed by atoms with van der Waals surface area (Å²) in [6.45, 7) is 4.28. The summed E-state index contributed by atoms with van der Waals surface area (Å²) < 4.78 is 10.7. The smallest absolute Gasteiger partial charge is 0.112 e. The van der Waals surface area contributed by atoms with Gasteiger partial charge in [-0.25, -0.2) is 0 Å². The van der Waals surface area contributed by atoms with Crippen molar-refractivity contribution in [1.82, 2.24) is 0 Å². The topological polar surface area (TPSA) is 21.8 Å². The zero-order valence-corrected chi connectivity index (χ0v) is 7.82. The maximum absolute atomic E-state index is 5.52. The van der Waals surface area contributed by atoms with E-state index in [9.17, 15) is 0 Å². The molecule has 1 heterocycles. The monoisotopic (exact) mass is 178 g/mol. The Bertz CT molecular complexity index is 265. The molecule has 13 heavy (non-hydrogen) atoms. The van der Waals surface area contributed by atoms with Crippen molar-refractivity contribution in [1.29, 1.82) is 0 Å². The lowest BCUT2D eigenvalue weighted by molar-refractivity contribution is 0.0742. The van der Waals surface area contributed by atoms with Gasteiger partial charge in [0.15, 0.2) is 0 Å². The number of epoxide rings is 1. The minimum absolute atomic E-state index is 0.00871. The average Bonchev–Trinajstić information content (AvgIpc) is 2.86. The van der Waals surface area contributed by atoms with E-state index in [1.165, 1.54) is 5.56 Å². The lowest BCUT2D eigenvalue weighted by Gasteiger charge is -2.06. The standard InChI is InChI=1S/C11H14O2/c1-11(9-13-11)8-12-7-10-5-3-2-4-6-10/h2-6H,7-9H2,1H3/t11-/m1/s1. The van der Waals surface area contributed by atoms with Crippen LogP contribution in [0.15, 0.2) is 30.3 Å². The van der Waals surface area contributed by atoms with Gasteiger partial charge in [0.2, 0.25) is 0 Å². The van der Waals surface area contributed by atoms with Crippen molar-refractivity contribution in [2.75, 3.05) is 13.2 Å².